The van der Waals surface area contributed by atoms with E-state index in [2.05, 4.69) is 10.2 Å². The SMILES string of the molecule is CC1CN(C(=O)CSc2ccc(-c3ccco3)nn2)CC(C)O1. The van der Waals surface area contributed by atoms with Crippen LogP contribution in [0.15, 0.2) is 40.0 Å². The number of hydrogen-bond acceptors (Lipinski definition) is 6. The first kappa shape index (κ1) is 16.0. The van der Waals surface area contributed by atoms with Crippen LogP contribution in [0.2, 0.25) is 0 Å². The number of furan rings is 1. The molecule has 0 spiro atoms. The van der Waals surface area contributed by atoms with Crippen LogP contribution in [0.3, 0.4) is 0 Å². The fourth-order valence-corrected chi connectivity index (χ4v) is 3.28. The number of thioether (sulfide) groups is 1. The lowest BCUT2D eigenvalue weighted by Gasteiger charge is -2.35. The molecule has 6 nitrogen and oxygen atoms in total. The van der Waals surface area contributed by atoms with Gasteiger partial charge in [-0.2, -0.15) is 0 Å². The van der Waals surface area contributed by atoms with Crippen molar-refractivity contribution in [2.75, 3.05) is 18.8 Å². The van der Waals surface area contributed by atoms with Crippen molar-refractivity contribution in [3.8, 4) is 11.5 Å². The molecule has 1 aliphatic rings. The van der Waals surface area contributed by atoms with Gasteiger partial charge in [-0.15, -0.1) is 10.2 Å². The van der Waals surface area contributed by atoms with Crippen molar-refractivity contribution in [2.24, 2.45) is 0 Å². The van der Waals surface area contributed by atoms with Gasteiger partial charge in [-0.1, -0.05) is 11.8 Å². The van der Waals surface area contributed by atoms with Crippen molar-refractivity contribution in [3.63, 3.8) is 0 Å². The van der Waals surface area contributed by atoms with Gasteiger partial charge in [-0.05, 0) is 38.1 Å². The average Bonchev–Trinajstić information content (AvgIpc) is 3.06. The molecule has 0 radical (unpaired) electrons. The van der Waals surface area contributed by atoms with Crippen molar-refractivity contribution in [3.05, 3.63) is 30.5 Å². The zero-order valence-corrected chi connectivity index (χ0v) is 14.0. The van der Waals surface area contributed by atoms with Crippen LogP contribution in [0.5, 0.6) is 0 Å². The molecular weight excluding hydrogens is 314 g/mol. The molecule has 2 aromatic rings. The maximum Gasteiger partial charge on any atom is 0.233 e. The van der Waals surface area contributed by atoms with Gasteiger partial charge in [0.2, 0.25) is 5.91 Å². The number of aromatic nitrogens is 2. The topological polar surface area (TPSA) is 68.5 Å². The van der Waals surface area contributed by atoms with E-state index in [1.54, 1.807) is 6.26 Å². The van der Waals surface area contributed by atoms with Crippen LogP contribution < -0.4 is 0 Å². The van der Waals surface area contributed by atoms with Crippen molar-refractivity contribution in [1.82, 2.24) is 15.1 Å². The van der Waals surface area contributed by atoms with Crippen molar-refractivity contribution in [2.45, 2.75) is 31.1 Å². The molecule has 1 aliphatic heterocycles. The number of nitrogens with zero attached hydrogens (tertiary/aromatic N) is 3. The standard InChI is InChI=1S/C16H19N3O3S/c1-11-8-19(9-12(2)22-11)16(20)10-23-15-6-5-13(17-18-15)14-4-3-7-21-14/h3-7,11-12H,8-10H2,1-2H3. The van der Waals surface area contributed by atoms with Crippen LogP contribution in [0.4, 0.5) is 0 Å². The second-order valence-corrected chi connectivity index (χ2v) is 6.57. The predicted octanol–water partition coefficient (Wildman–Crippen LogP) is 2.46. The summed E-state index contributed by atoms with van der Waals surface area (Å²) < 4.78 is 10.9. The molecule has 3 heterocycles. The molecule has 7 heteroatoms. The molecule has 1 amide bonds. The van der Waals surface area contributed by atoms with Gasteiger partial charge in [-0.3, -0.25) is 4.79 Å². The summed E-state index contributed by atoms with van der Waals surface area (Å²) in [6.07, 6.45) is 1.77. The summed E-state index contributed by atoms with van der Waals surface area (Å²) in [5, 5.41) is 8.99. The van der Waals surface area contributed by atoms with Crippen LogP contribution in [0.1, 0.15) is 13.8 Å². The number of hydrogen-bond donors (Lipinski definition) is 0. The highest BCUT2D eigenvalue weighted by Gasteiger charge is 2.25. The third-order valence-electron chi connectivity index (χ3n) is 3.53. The molecule has 3 rings (SSSR count). The first-order chi connectivity index (χ1) is 11.1. The van der Waals surface area contributed by atoms with Gasteiger partial charge in [-0.25, -0.2) is 0 Å². The van der Waals surface area contributed by atoms with Gasteiger partial charge >= 0.3 is 0 Å². The second kappa shape index (κ2) is 7.14. The smallest absolute Gasteiger partial charge is 0.233 e. The fourth-order valence-electron chi connectivity index (χ4n) is 2.56. The third-order valence-corrected chi connectivity index (χ3v) is 4.43. The van der Waals surface area contributed by atoms with Gasteiger partial charge in [0, 0.05) is 13.1 Å². The summed E-state index contributed by atoms with van der Waals surface area (Å²) in [7, 11) is 0. The Hall–Kier alpha value is -1.86. The van der Waals surface area contributed by atoms with E-state index in [-0.39, 0.29) is 18.1 Å². The molecule has 0 bridgehead atoms. The molecule has 2 atom stereocenters. The molecule has 0 N–H and O–H groups in total. The first-order valence-electron chi connectivity index (χ1n) is 7.55. The molecule has 2 unspecified atom stereocenters. The molecule has 1 saturated heterocycles. The van der Waals surface area contributed by atoms with Gasteiger partial charge < -0.3 is 14.1 Å². The van der Waals surface area contributed by atoms with Crippen LogP contribution in [0.25, 0.3) is 11.5 Å². The zero-order chi connectivity index (χ0) is 16.2. The molecule has 1 fully saturated rings. The average molecular weight is 333 g/mol. The van der Waals surface area contributed by atoms with Crippen LogP contribution in [-0.2, 0) is 9.53 Å². The maximum absolute atomic E-state index is 12.3. The molecule has 0 saturated carbocycles. The highest BCUT2D eigenvalue weighted by molar-refractivity contribution is 7.99. The summed E-state index contributed by atoms with van der Waals surface area (Å²) in [5.41, 5.74) is 0.682. The van der Waals surface area contributed by atoms with E-state index in [4.69, 9.17) is 9.15 Å². The minimum atomic E-state index is 0.0834. The van der Waals surface area contributed by atoms with E-state index in [1.807, 2.05) is 43.0 Å². The molecule has 0 aliphatic carbocycles. The van der Waals surface area contributed by atoms with Gasteiger partial charge in [0.15, 0.2) is 5.76 Å². The van der Waals surface area contributed by atoms with Crippen LogP contribution in [0, 0.1) is 0 Å². The van der Waals surface area contributed by atoms with Gasteiger partial charge in [0.1, 0.15) is 10.7 Å². The summed E-state index contributed by atoms with van der Waals surface area (Å²) >= 11 is 1.39. The molecule has 2 aromatic heterocycles. The van der Waals surface area contributed by atoms with E-state index in [0.717, 1.165) is 5.03 Å². The zero-order valence-electron chi connectivity index (χ0n) is 13.1. The Kier molecular flexibility index (Phi) is 4.97. The van der Waals surface area contributed by atoms with Crippen molar-refractivity contribution < 1.29 is 13.9 Å². The van der Waals surface area contributed by atoms with E-state index in [0.29, 0.717) is 30.3 Å². The van der Waals surface area contributed by atoms with Gasteiger partial charge in [0.05, 0.1) is 24.2 Å². The summed E-state index contributed by atoms with van der Waals surface area (Å²) in [4.78, 5) is 14.2. The fraction of sp³-hybridized carbons (Fsp3) is 0.438. The van der Waals surface area contributed by atoms with E-state index in [9.17, 15) is 4.79 Å². The predicted molar refractivity (Wildman–Crippen MR) is 87.0 cm³/mol. The summed E-state index contributed by atoms with van der Waals surface area (Å²) in [6.45, 7) is 5.27. The number of carbonyl (C=O) groups is 1. The minimum Gasteiger partial charge on any atom is -0.463 e. The minimum absolute atomic E-state index is 0.0834. The Morgan fingerprint density at radius 2 is 2.04 bits per heavy atom. The third kappa shape index (κ3) is 4.11. The lowest BCUT2D eigenvalue weighted by Crippen LogP contribution is -2.48. The lowest BCUT2D eigenvalue weighted by molar-refractivity contribution is -0.140. The normalized spacial score (nSPS) is 21.4. The Morgan fingerprint density at radius 3 is 2.65 bits per heavy atom. The number of morpholine rings is 1. The Bertz CT molecular complexity index is 635. The van der Waals surface area contributed by atoms with Crippen molar-refractivity contribution in [1.29, 1.82) is 0 Å². The monoisotopic (exact) mass is 333 g/mol. The van der Waals surface area contributed by atoms with Crippen LogP contribution >= 0.6 is 11.8 Å². The second-order valence-electron chi connectivity index (χ2n) is 5.58. The quantitative estimate of drug-likeness (QED) is 0.801. The Labute approximate surface area is 139 Å². The molecule has 23 heavy (non-hydrogen) atoms. The number of carbonyl (C=O) groups excluding carboxylic acids is 1. The summed E-state index contributed by atoms with van der Waals surface area (Å²) in [5.74, 6) is 1.14. The molecule has 0 aromatic carbocycles. The first-order valence-corrected chi connectivity index (χ1v) is 8.54. The van der Waals surface area contributed by atoms with Crippen LogP contribution in [-0.4, -0.2) is 52.1 Å². The molecular formula is C16H19N3O3S. The summed E-state index contributed by atoms with van der Waals surface area (Å²) in [6, 6.07) is 7.34. The number of amides is 1. The van der Waals surface area contributed by atoms with E-state index < -0.39 is 0 Å². The highest BCUT2D eigenvalue weighted by atomic mass is 32.2. The number of ether oxygens (including phenoxy) is 1. The Morgan fingerprint density at radius 1 is 1.26 bits per heavy atom. The van der Waals surface area contributed by atoms with E-state index >= 15 is 0 Å². The highest BCUT2D eigenvalue weighted by Crippen LogP contribution is 2.21. The van der Waals surface area contributed by atoms with E-state index in [1.165, 1.54) is 11.8 Å². The van der Waals surface area contributed by atoms with Gasteiger partial charge in [0.25, 0.3) is 0 Å². The maximum atomic E-state index is 12.3. The largest absolute Gasteiger partial charge is 0.463 e. The molecule has 122 valence electrons. The van der Waals surface area contributed by atoms with Crippen molar-refractivity contribution >= 4 is 17.7 Å². The lowest BCUT2D eigenvalue weighted by atomic mass is 10.2. The number of rotatable bonds is 4. The Balaban J connectivity index is 1.54.